The lowest BCUT2D eigenvalue weighted by molar-refractivity contribution is 0.294. The SMILES string of the molecule is COc1ccc(-c2nnc(SCCNCCO)n2C)cc1. The van der Waals surface area contributed by atoms with E-state index >= 15 is 0 Å². The number of thioether (sulfide) groups is 1. The van der Waals surface area contributed by atoms with E-state index in [1.807, 2.05) is 35.9 Å². The molecule has 1 heterocycles. The van der Waals surface area contributed by atoms with Crippen LogP contribution in [0.3, 0.4) is 0 Å². The smallest absolute Gasteiger partial charge is 0.191 e. The highest BCUT2D eigenvalue weighted by molar-refractivity contribution is 7.99. The fourth-order valence-corrected chi connectivity index (χ4v) is 2.66. The van der Waals surface area contributed by atoms with Crippen LogP contribution in [0.25, 0.3) is 11.4 Å². The van der Waals surface area contributed by atoms with Crippen LogP contribution in [-0.4, -0.2) is 52.4 Å². The molecule has 21 heavy (non-hydrogen) atoms. The first-order valence-corrected chi connectivity index (χ1v) is 7.73. The maximum atomic E-state index is 8.69. The second kappa shape index (κ2) is 8.02. The molecule has 0 aliphatic heterocycles. The molecule has 0 aliphatic carbocycles. The van der Waals surface area contributed by atoms with Gasteiger partial charge in [0.05, 0.1) is 13.7 Å². The van der Waals surface area contributed by atoms with Crippen LogP contribution >= 0.6 is 11.8 Å². The molecule has 2 aromatic rings. The zero-order valence-electron chi connectivity index (χ0n) is 12.2. The van der Waals surface area contributed by atoms with Gasteiger partial charge in [-0.15, -0.1) is 10.2 Å². The molecule has 0 unspecified atom stereocenters. The Morgan fingerprint density at radius 2 is 2.00 bits per heavy atom. The van der Waals surface area contributed by atoms with Gasteiger partial charge in [0.2, 0.25) is 0 Å². The Labute approximate surface area is 128 Å². The minimum Gasteiger partial charge on any atom is -0.497 e. The fourth-order valence-electron chi connectivity index (χ4n) is 1.85. The summed E-state index contributed by atoms with van der Waals surface area (Å²) < 4.78 is 7.14. The van der Waals surface area contributed by atoms with Crippen molar-refractivity contribution in [3.63, 3.8) is 0 Å². The van der Waals surface area contributed by atoms with E-state index in [9.17, 15) is 0 Å². The standard InChI is InChI=1S/C14H20N4O2S/c1-18-13(11-3-5-12(20-2)6-4-11)16-17-14(18)21-10-8-15-7-9-19/h3-6,15,19H,7-10H2,1-2H3. The molecule has 1 aromatic heterocycles. The van der Waals surface area contributed by atoms with Gasteiger partial charge in [-0.1, -0.05) is 11.8 Å². The molecule has 0 aliphatic rings. The third-order valence-corrected chi connectivity index (χ3v) is 4.00. The van der Waals surface area contributed by atoms with Crippen molar-refractivity contribution in [1.82, 2.24) is 20.1 Å². The first-order valence-electron chi connectivity index (χ1n) is 6.74. The van der Waals surface area contributed by atoms with Crippen molar-refractivity contribution in [2.45, 2.75) is 5.16 Å². The number of methoxy groups -OCH3 is 1. The molecule has 2 rings (SSSR count). The van der Waals surface area contributed by atoms with Gasteiger partial charge >= 0.3 is 0 Å². The molecular formula is C14H20N4O2S. The quantitative estimate of drug-likeness (QED) is 0.563. The Kier molecular flexibility index (Phi) is 6.04. The number of aromatic nitrogens is 3. The summed E-state index contributed by atoms with van der Waals surface area (Å²) in [6.45, 7) is 1.61. The van der Waals surface area contributed by atoms with Gasteiger partial charge in [-0.3, -0.25) is 0 Å². The van der Waals surface area contributed by atoms with Crippen LogP contribution in [0.4, 0.5) is 0 Å². The maximum absolute atomic E-state index is 8.69. The normalized spacial score (nSPS) is 10.8. The Balaban J connectivity index is 1.98. The number of aliphatic hydroxyl groups is 1. The number of ether oxygens (including phenoxy) is 1. The molecule has 114 valence electrons. The van der Waals surface area contributed by atoms with E-state index in [1.54, 1.807) is 18.9 Å². The van der Waals surface area contributed by atoms with E-state index in [-0.39, 0.29) is 6.61 Å². The van der Waals surface area contributed by atoms with Gasteiger partial charge in [0.25, 0.3) is 0 Å². The molecule has 1 aromatic carbocycles. The van der Waals surface area contributed by atoms with Gasteiger partial charge in [-0.25, -0.2) is 0 Å². The van der Waals surface area contributed by atoms with E-state index in [4.69, 9.17) is 9.84 Å². The summed E-state index contributed by atoms with van der Waals surface area (Å²) in [4.78, 5) is 0. The van der Waals surface area contributed by atoms with Crippen LogP contribution in [0.2, 0.25) is 0 Å². The van der Waals surface area contributed by atoms with E-state index < -0.39 is 0 Å². The Bertz CT molecular complexity index is 557. The zero-order valence-corrected chi connectivity index (χ0v) is 13.1. The highest BCUT2D eigenvalue weighted by Gasteiger charge is 2.10. The van der Waals surface area contributed by atoms with Crippen LogP contribution in [0.5, 0.6) is 5.75 Å². The summed E-state index contributed by atoms with van der Waals surface area (Å²) in [5.41, 5.74) is 1.01. The van der Waals surface area contributed by atoms with Crippen molar-refractivity contribution in [1.29, 1.82) is 0 Å². The molecule has 0 bridgehead atoms. The molecule has 0 fully saturated rings. The van der Waals surface area contributed by atoms with Gasteiger partial charge < -0.3 is 19.7 Å². The minimum absolute atomic E-state index is 0.163. The highest BCUT2D eigenvalue weighted by Crippen LogP contribution is 2.24. The molecule has 0 spiro atoms. The summed E-state index contributed by atoms with van der Waals surface area (Å²) in [6.07, 6.45) is 0. The zero-order chi connectivity index (χ0) is 15.1. The van der Waals surface area contributed by atoms with Gasteiger partial charge in [-0.2, -0.15) is 0 Å². The number of aliphatic hydroxyl groups excluding tert-OH is 1. The molecule has 7 heteroatoms. The molecule has 0 saturated heterocycles. The fraction of sp³-hybridized carbons (Fsp3) is 0.429. The number of rotatable bonds is 8. The Hall–Kier alpha value is -1.57. The summed E-state index contributed by atoms with van der Waals surface area (Å²) in [5, 5.41) is 21.2. The van der Waals surface area contributed by atoms with Crippen molar-refractivity contribution < 1.29 is 9.84 Å². The number of nitrogens with zero attached hydrogens (tertiary/aromatic N) is 3. The molecule has 6 nitrogen and oxygen atoms in total. The predicted octanol–water partition coefficient (Wildman–Crippen LogP) is 1.16. The Morgan fingerprint density at radius 3 is 2.67 bits per heavy atom. The van der Waals surface area contributed by atoms with Crippen LogP contribution in [0.1, 0.15) is 0 Å². The van der Waals surface area contributed by atoms with Gasteiger partial charge in [0.15, 0.2) is 11.0 Å². The predicted molar refractivity (Wildman–Crippen MR) is 83.7 cm³/mol. The van der Waals surface area contributed by atoms with E-state index in [0.717, 1.165) is 34.6 Å². The number of benzene rings is 1. The van der Waals surface area contributed by atoms with Crippen LogP contribution in [0, 0.1) is 0 Å². The van der Waals surface area contributed by atoms with Crippen molar-refractivity contribution in [2.75, 3.05) is 32.6 Å². The maximum Gasteiger partial charge on any atom is 0.191 e. The van der Waals surface area contributed by atoms with Crippen molar-refractivity contribution >= 4 is 11.8 Å². The van der Waals surface area contributed by atoms with E-state index in [1.165, 1.54) is 0 Å². The third kappa shape index (κ3) is 4.20. The average Bonchev–Trinajstić information content (AvgIpc) is 2.88. The molecule has 0 radical (unpaired) electrons. The van der Waals surface area contributed by atoms with Crippen LogP contribution in [0.15, 0.2) is 29.4 Å². The first kappa shape index (κ1) is 15.8. The van der Waals surface area contributed by atoms with Crippen LogP contribution < -0.4 is 10.1 Å². The second-order valence-electron chi connectivity index (χ2n) is 4.42. The minimum atomic E-state index is 0.163. The molecule has 0 amide bonds. The monoisotopic (exact) mass is 308 g/mol. The lowest BCUT2D eigenvalue weighted by Crippen LogP contribution is -2.20. The summed E-state index contributed by atoms with van der Waals surface area (Å²) in [6, 6.07) is 7.77. The molecule has 2 N–H and O–H groups in total. The third-order valence-electron chi connectivity index (χ3n) is 2.98. The van der Waals surface area contributed by atoms with E-state index in [2.05, 4.69) is 15.5 Å². The number of hydrogen-bond donors (Lipinski definition) is 2. The van der Waals surface area contributed by atoms with Crippen molar-refractivity contribution in [3.8, 4) is 17.1 Å². The van der Waals surface area contributed by atoms with Crippen LogP contribution in [-0.2, 0) is 7.05 Å². The molecule has 0 atom stereocenters. The lowest BCUT2D eigenvalue weighted by Gasteiger charge is -2.05. The van der Waals surface area contributed by atoms with Crippen molar-refractivity contribution in [2.24, 2.45) is 7.05 Å². The molecular weight excluding hydrogens is 288 g/mol. The van der Waals surface area contributed by atoms with Crippen molar-refractivity contribution in [3.05, 3.63) is 24.3 Å². The number of nitrogens with one attached hydrogen (secondary N) is 1. The summed E-state index contributed by atoms with van der Waals surface area (Å²) in [5.74, 6) is 2.54. The average molecular weight is 308 g/mol. The van der Waals surface area contributed by atoms with E-state index in [0.29, 0.717) is 6.54 Å². The van der Waals surface area contributed by atoms with Gasteiger partial charge in [0, 0.05) is 31.5 Å². The summed E-state index contributed by atoms with van der Waals surface area (Å²) in [7, 11) is 3.61. The Morgan fingerprint density at radius 1 is 1.24 bits per heavy atom. The topological polar surface area (TPSA) is 72.2 Å². The molecule has 0 saturated carbocycles. The van der Waals surface area contributed by atoms with Gasteiger partial charge in [-0.05, 0) is 24.3 Å². The largest absolute Gasteiger partial charge is 0.497 e. The second-order valence-corrected chi connectivity index (χ2v) is 5.48. The highest BCUT2D eigenvalue weighted by atomic mass is 32.2. The van der Waals surface area contributed by atoms with Gasteiger partial charge in [0.1, 0.15) is 5.75 Å². The first-order chi connectivity index (χ1) is 10.3. The lowest BCUT2D eigenvalue weighted by atomic mass is 10.2. The summed E-state index contributed by atoms with van der Waals surface area (Å²) >= 11 is 1.64. The number of hydrogen-bond acceptors (Lipinski definition) is 6.